The fraction of sp³-hybridized carbons (Fsp3) is 0.111. The number of ether oxygens (including phenoxy) is 1. The summed E-state index contributed by atoms with van der Waals surface area (Å²) in [6.07, 6.45) is 3.19. The highest BCUT2D eigenvalue weighted by Gasteiger charge is 2.19. The number of halogens is 1. The number of hydrogen-bond acceptors (Lipinski definition) is 5. The van der Waals surface area contributed by atoms with Gasteiger partial charge in [0.15, 0.2) is 5.13 Å². The summed E-state index contributed by atoms with van der Waals surface area (Å²) in [6.45, 7) is 3.77. The highest BCUT2D eigenvalue weighted by molar-refractivity contribution is 7.22. The van der Waals surface area contributed by atoms with E-state index in [0.29, 0.717) is 16.5 Å². The number of anilines is 1. The summed E-state index contributed by atoms with van der Waals surface area (Å²) in [4.78, 5) is 17.2. The first-order chi connectivity index (χ1) is 16.4. The molecule has 5 rings (SSSR count). The summed E-state index contributed by atoms with van der Waals surface area (Å²) in [5, 5.41) is 4.26. The van der Waals surface area contributed by atoms with E-state index in [4.69, 9.17) is 9.15 Å². The lowest BCUT2D eigenvalue weighted by atomic mass is 9.96. The zero-order chi connectivity index (χ0) is 23.8. The average Bonchev–Trinajstić information content (AvgIpc) is 3.43. The standard InChI is InChI=1S/C27H21FN2O3S/c1-15(12-24(31)30-27-29-22-6-4-5-7-23(22)34-27)19-13-20-21(17-8-10-18(28)11-9-17)14-33-26(20)16(2)25(19)32-3/h4-14H,1-3H3,(H,29,30,31)/b15-12+. The molecule has 0 saturated carbocycles. The third kappa shape index (κ3) is 3.95. The van der Waals surface area contributed by atoms with E-state index in [0.717, 1.165) is 43.4 Å². The highest BCUT2D eigenvalue weighted by Crippen LogP contribution is 2.40. The van der Waals surface area contributed by atoms with Crippen molar-refractivity contribution in [2.45, 2.75) is 13.8 Å². The van der Waals surface area contributed by atoms with Gasteiger partial charge < -0.3 is 9.15 Å². The molecule has 5 aromatic rings. The zero-order valence-corrected chi connectivity index (χ0v) is 19.6. The lowest BCUT2D eigenvalue weighted by Gasteiger charge is -2.13. The monoisotopic (exact) mass is 472 g/mol. The number of nitrogens with zero attached hydrogens (tertiary/aromatic N) is 1. The molecule has 2 heterocycles. The number of nitrogens with one attached hydrogen (secondary N) is 1. The predicted octanol–water partition coefficient (Wildman–Crippen LogP) is 7.21. The maximum atomic E-state index is 13.4. The van der Waals surface area contributed by atoms with Crippen LogP contribution < -0.4 is 10.1 Å². The average molecular weight is 473 g/mol. The summed E-state index contributed by atoms with van der Waals surface area (Å²) in [6, 6.07) is 16.0. The van der Waals surface area contributed by atoms with Gasteiger partial charge in [-0.3, -0.25) is 10.1 Å². The molecule has 0 unspecified atom stereocenters. The number of hydrogen-bond donors (Lipinski definition) is 1. The van der Waals surface area contributed by atoms with E-state index in [9.17, 15) is 9.18 Å². The predicted molar refractivity (Wildman–Crippen MR) is 135 cm³/mol. The summed E-state index contributed by atoms with van der Waals surface area (Å²) >= 11 is 1.43. The number of aryl methyl sites for hydroxylation is 1. The fourth-order valence-electron chi connectivity index (χ4n) is 4.07. The minimum atomic E-state index is -0.298. The van der Waals surface area contributed by atoms with Crippen molar-refractivity contribution >= 4 is 49.1 Å². The Morgan fingerprint density at radius 2 is 1.94 bits per heavy atom. The van der Waals surface area contributed by atoms with Gasteiger partial charge in [-0.2, -0.15) is 0 Å². The summed E-state index contributed by atoms with van der Waals surface area (Å²) < 4.78 is 26.0. The zero-order valence-electron chi connectivity index (χ0n) is 18.8. The van der Waals surface area contributed by atoms with Gasteiger partial charge in [-0.25, -0.2) is 9.37 Å². The number of allylic oxidation sites excluding steroid dienone is 1. The Bertz CT molecular complexity index is 1530. The second-order valence-electron chi connectivity index (χ2n) is 7.92. The Balaban J connectivity index is 1.53. The molecule has 2 aromatic heterocycles. The van der Waals surface area contributed by atoms with Crippen LogP contribution in [0.4, 0.5) is 9.52 Å². The molecule has 0 spiro atoms. The van der Waals surface area contributed by atoms with Crippen molar-refractivity contribution in [2.24, 2.45) is 0 Å². The molecule has 0 fully saturated rings. The number of carbonyl (C=O) groups excluding carboxylic acids is 1. The van der Waals surface area contributed by atoms with Gasteiger partial charge >= 0.3 is 0 Å². The number of rotatable bonds is 5. The highest BCUT2D eigenvalue weighted by atomic mass is 32.1. The number of furan rings is 1. The van der Waals surface area contributed by atoms with E-state index in [1.54, 1.807) is 25.5 Å². The number of methoxy groups -OCH3 is 1. The Morgan fingerprint density at radius 3 is 2.68 bits per heavy atom. The first kappa shape index (κ1) is 21.9. The molecular formula is C27H21FN2O3S. The van der Waals surface area contributed by atoms with E-state index in [2.05, 4.69) is 10.3 Å². The maximum Gasteiger partial charge on any atom is 0.250 e. The van der Waals surface area contributed by atoms with Crippen LogP contribution in [0.25, 0.3) is 37.9 Å². The summed E-state index contributed by atoms with van der Waals surface area (Å²) in [5.41, 5.74) is 5.54. The van der Waals surface area contributed by atoms with E-state index < -0.39 is 0 Å². The molecule has 0 radical (unpaired) electrons. The largest absolute Gasteiger partial charge is 0.496 e. The molecular weight excluding hydrogens is 451 g/mol. The Morgan fingerprint density at radius 1 is 1.18 bits per heavy atom. The normalized spacial score (nSPS) is 11.8. The Hall–Kier alpha value is -3.97. The van der Waals surface area contributed by atoms with Crippen molar-refractivity contribution in [3.05, 3.63) is 83.9 Å². The van der Waals surface area contributed by atoms with Crippen molar-refractivity contribution < 1.29 is 18.3 Å². The number of carbonyl (C=O) groups is 1. The second-order valence-corrected chi connectivity index (χ2v) is 8.95. The van der Waals surface area contributed by atoms with E-state index in [1.807, 2.05) is 44.2 Å². The van der Waals surface area contributed by atoms with Gasteiger partial charge in [-0.1, -0.05) is 35.6 Å². The lowest BCUT2D eigenvalue weighted by Crippen LogP contribution is -2.08. The molecule has 0 aliphatic carbocycles. The van der Waals surface area contributed by atoms with Crippen LogP contribution in [0.5, 0.6) is 5.75 Å². The Labute approximate surface area is 199 Å². The fourth-order valence-corrected chi connectivity index (χ4v) is 4.94. The molecule has 0 atom stereocenters. The van der Waals surface area contributed by atoms with Gasteiger partial charge in [-0.15, -0.1) is 0 Å². The molecule has 0 bridgehead atoms. The SMILES string of the molecule is COc1c(/C(C)=C/C(=O)Nc2nc3ccccc3s2)cc2c(-c3ccc(F)cc3)coc2c1C. The minimum Gasteiger partial charge on any atom is -0.496 e. The molecule has 1 amide bonds. The third-order valence-electron chi connectivity index (χ3n) is 5.70. The molecule has 3 aromatic carbocycles. The quantitative estimate of drug-likeness (QED) is 0.275. The molecule has 170 valence electrons. The molecule has 34 heavy (non-hydrogen) atoms. The topological polar surface area (TPSA) is 64.4 Å². The van der Waals surface area contributed by atoms with E-state index >= 15 is 0 Å². The van der Waals surface area contributed by atoms with Gasteiger partial charge in [0.1, 0.15) is 17.1 Å². The maximum absolute atomic E-state index is 13.4. The molecule has 0 saturated heterocycles. The van der Waals surface area contributed by atoms with Crippen LogP contribution in [0.1, 0.15) is 18.1 Å². The summed E-state index contributed by atoms with van der Waals surface area (Å²) in [5.74, 6) is 0.0596. The van der Waals surface area contributed by atoms with Gasteiger partial charge in [-0.05, 0) is 55.3 Å². The van der Waals surface area contributed by atoms with Crippen molar-refractivity contribution in [1.29, 1.82) is 0 Å². The third-order valence-corrected chi connectivity index (χ3v) is 6.65. The molecule has 0 aliphatic rings. The van der Waals surface area contributed by atoms with Gasteiger partial charge in [0.05, 0.1) is 23.6 Å². The van der Waals surface area contributed by atoms with Crippen LogP contribution in [-0.4, -0.2) is 18.0 Å². The van der Waals surface area contributed by atoms with E-state index in [-0.39, 0.29) is 11.7 Å². The molecule has 7 heteroatoms. The number of para-hydroxylation sites is 1. The van der Waals surface area contributed by atoms with Crippen molar-refractivity contribution in [1.82, 2.24) is 4.98 Å². The number of thiazole rings is 1. The first-order valence-electron chi connectivity index (χ1n) is 10.6. The van der Waals surface area contributed by atoms with Crippen LogP contribution in [0.2, 0.25) is 0 Å². The lowest BCUT2D eigenvalue weighted by molar-refractivity contribution is -0.111. The van der Waals surface area contributed by atoms with Crippen LogP contribution in [0.3, 0.4) is 0 Å². The first-order valence-corrected chi connectivity index (χ1v) is 11.5. The van der Waals surface area contributed by atoms with Crippen LogP contribution in [0, 0.1) is 12.7 Å². The molecule has 0 aliphatic heterocycles. The number of fused-ring (bicyclic) bond motifs is 2. The Kier molecular flexibility index (Phi) is 5.63. The van der Waals surface area contributed by atoms with Crippen molar-refractivity contribution in [3.8, 4) is 16.9 Å². The number of aromatic nitrogens is 1. The van der Waals surface area contributed by atoms with Crippen molar-refractivity contribution in [2.75, 3.05) is 12.4 Å². The van der Waals surface area contributed by atoms with Crippen LogP contribution >= 0.6 is 11.3 Å². The summed E-state index contributed by atoms with van der Waals surface area (Å²) in [7, 11) is 1.59. The molecule has 5 nitrogen and oxygen atoms in total. The van der Waals surface area contributed by atoms with E-state index in [1.165, 1.54) is 29.5 Å². The smallest absolute Gasteiger partial charge is 0.250 e. The van der Waals surface area contributed by atoms with Gasteiger partial charge in [0.25, 0.3) is 0 Å². The van der Waals surface area contributed by atoms with Crippen LogP contribution in [0.15, 0.2) is 71.4 Å². The number of amides is 1. The van der Waals surface area contributed by atoms with Gasteiger partial charge in [0.2, 0.25) is 5.91 Å². The van der Waals surface area contributed by atoms with Gasteiger partial charge in [0, 0.05) is 28.2 Å². The van der Waals surface area contributed by atoms with Crippen molar-refractivity contribution in [3.63, 3.8) is 0 Å². The molecule has 1 N–H and O–H groups in total. The second kappa shape index (κ2) is 8.76. The minimum absolute atomic E-state index is 0.276. The number of benzene rings is 3. The van der Waals surface area contributed by atoms with Crippen LogP contribution in [-0.2, 0) is 4.79 Å².